The van der Waals surface area contributed by atoms with Gasteiger partial charge in [-0.2, -0.15) is 0 Å². The van der Waals surface area contributed by atoms with E-state index in [2.05, 4.69) is 43.4 Å². The average Bonchev–Trinajstić information content (AvgIpc) is 2.95. The lowest BCUT2D eigenvalue weighted by atomic mass is 9.96. The molecule has 2 unspecified atom stereocenters. The molecule has 0 radical (unpaired) electrons. The van der Waals surface area contributed by atoms with Crippen molar-refractivity contribution < 1.29 is 4.74 Å². The molecule has 1 aromatic carbocycles. The first-order valence-electron chi connectivity index (χ1n) is 8.19. The fourth-order valence-corrected chi connectivity index (χ4v) is 3.13. The van der Waals surface area contributed by atoms with Crippen molar-refractivity contribution in [1.82, 2.24) is 5.32 Å². The van der Waals surface area contributed by atoms with Crippen LogP contribution in [-0.2, 0) is 11.2 Å². The van der Waals surface area contributed by atoms with Gasteiger partial charge in [0.2, 0.25) is 0 Å². The molecule has 1 aromatic rings. The summed E-state index contributed by atoms with van der Waals surface area (Å²) >= 11 is 0. The predicted octanol–water partition coefficient (Wildman–Crippen LogP) is 3.86. The van der Waals surface area contributed by atoms with Crippen LogP contribution in [0.15, 0.2) is 24.3 Å². The van der Waals surface area contributed by atoms with Crippen molar-refractivity contribution in [1.29, 1.82) is 0 Å². The van der Waals surface area contributed by atoms with Crippen molar-refractivity contribution in [2.24, 2.45) is 0 Å². The van der Waals surface area contributed by atoms with E-state index in [9.17, 15) is 0 Å². The van der Waals surface area contributed by atoms with Gasteiger partial charge in [0, 0.05) is 12.6 Å². The lowest BCUT2D eigenvalue weighted by Crippen LogP contribution is -2.31. The Morgan fingerprint density at radius 3 is 2.90 bits per heavy atom. The van der Waals surface area contributed by atoms with Gasteiger partial charge in [0.1, 0.15) is 0 Å². The number of nitrogens with one attached hydrogen (secondary N) is 1. The summed E-state index contributed by atoms with van der Waals surface area (Å²) in [5, 5.41) is 3.64. The van der Waals surface area contributed by atoms with Gasteiger partial charge >= 0.3 is 0 Å². The Labute approximate surface area is 123 Å². The van der Waals surface area contributed by atoms with Gasteiger partial charge < -0.3 is 10.1 Å². The van der Waals surface area contributed by atoms with Gasteiger partial charge in [-0.05, 0) is 63.1 Å². The summed E-state index contributed by atoms with van der Waals surface area (Å²) < 4.78 is 5.71. The highest BCUT2D eigenvalue weighted by Crippen LogP contribution is 2.19. The fraction of sp³-hybridized carbons (Fsp3) is 0.667. The van der Waals surface area contributed by atoms with Gasteiger partial charge in [0.15, 0.2) is 0 Å². The highest BCUT2D eigenvalue weighted by Gasteiger charge is 2.16. The van der Waals surface area contributed by atoms with Crippen molar-refractivity contribution in [2.45, 2.75) is 64.5 Å². The summed E-state index contributed by atoms with van der Waals surface area (Å²) in [5.41, 5.74) is 2.89. The normalized spacial score (nSPS) is 20.2. The predicted molar refractivity (Wildman–Crippen MR) is 85.2 cm³/mol. The molecule has 20 heavy (non-hydrogen) atoms. The smallest absolute Gasteiger partial charge is 0.0576 e. The fourth-order valence-electron chi connectivity index (χ4n) is 3.13. The standard InChI is InChI=1S/C18H29NO/c1-3-19-17(10-6-11-18-12-7-13-20-18)14-16-9-5-4-8-15(16)2/h4-5,8-9,17-19H,3,6-7,10-14H2,1-2H3. The van der Waals surface area contributed by atoms with Crippen molar-refractivity contribution in [3.05, 3.63) is 35.4 Å². The number of hydrogen-bond donors (Lipinski definition) is 1. The van der Waals surface area contributed by atoms with Crippen LogP contribution in [0, 0.1) is 6.92 Å². The minimum Gasteiger partial charge on any atom is -0.378 e. The molecule has 1 aliphatic heterocycles. The summed E-state index contributed by atoms with van der Waals surface area (Å²) in [6.45, 7) is 6.44. The number of hydrogen-bond acceptors (Lipinski definition) is 2. The maximum absolute atomic E-state index is 5.71. The van der Waals surface area contributed by atoms with E-state index in [-0.39, 0.29) is 0 Å². The quantitative estimate of drug-likeness (QED) is 0.777. The summed E-state index contributed by atoms with van der Waals surface area (Å²) in [7, 11) is 0. The number of aryl methyl sites for hydroxylation is 1. The van der Waals surface area contributed by atoms with E-state index in [1.807, 2.05) is 0 Å². The van der Waals surface area contributed by atoms with E-state index in [0.29, 0.717) is 12.1 Å². The molecule has 2 atom stereocenters. The van der Waals surface area contributed by atoms with Crippen LogP contribution in [0.25, 0.3) is 0 Å². The summed E-state index contributed by atoms with van der Waals surface area (Å²) in [6.07, 6.45) is 7.96. The molecule has 1 saturated heterocycles. The first-order valence-corrected chi connectivity index (χ1v) is 8.19. The lowest BCUT2D eigenvalue weighted by Gasteiger charge is -2.20. The molecule has 2 heteroatoms. The zero-order valence-corrected chi connectivity index (χ0v) is 13.0. The van der Waals surface area contributed by atoms with E-state index in [4.69, 9.17) is 4.74 Å². The highest BCUT2D eigenvalue weighted by molar-refractivity contribution is 5.26. The van der Waals surface area contributed by atoms with Crippen LogP contribution in [0.1, 0.15) is 50.2 Å². The number of rotatable bonds is 8. The number of benzene rings is 1. The van der Waals surface area contributed by atoms with Gasteiger partial charge in [0.05, 0.1) is 6.10 Å². The maximum Gasteiger partial charge on any atom is 0.0576 e. The van der Waals surface area contributed by atoms with Gasteiger partial charge in [-0.1, -0.05) is 31.2 Å². The van der Waals surface area contributed by atoms with Gasteiger partial charge in [-0.25, -0.2) is 0 Å². The Bertz CT molecular complexity index is 385. The average molecular weight is 275 g/mol. The van der Waals surface area contributed by atoms with Crippen LogP contribution in [0.2, 0.25) is 0 Å². The second kappa shape index (κ2) is 8.43. The molecule has 1 heterocycles. The van der Waals surface area contributed by atoms with E-state index < -0.39 is 0 Å². The van der Waals surface area contributed by atoms with Gasteiger partial charge in [-0.3, -0.25) is 0 Å². The molecule has 0 saturated carbocycles. The van der Waals surface area contributed by atoms with E-state index in [1.54, 1.807) is 0 Å². The SMILES string of the molecule is CCNC(CCCC1CCCO1)Cc1ccccc1C. The third-order valence-electron chi connectivity index (χ3n) is 4.32. The minimum absolute atomic E-state index is 0.538. The van der Waals surface area contributed by atoms with Crippen molar-refractivity contribution in [2.75, 3.05) is 13.2 Å². The van der Waals surface area contributed by atoms with Crippen LogP contribution in [0.5, 0.6) is 0 Å². The first-order chi connectivity index (χ1) is 9.79. The summed E-state index contributed by atoms with van der Waals surface area (Å²) in [6, 6.07) is 9.35. The van der Waals surface area contributed by atoms with Crippen molar-refractivity contribution in [3.63, 3.8) is 0 Å². The van der Waals surface area contributed by atoms with Crippen LogP contribution >= 0.6 is 0 Å². The molecular formula is C18H29NO. The second-order valence-corrected chi connectivity index (χ2v) is 5.95. The topological polar surface area (TPSA) is 21.3 Å². The zero-order chi connectivity index (χ0) is 14.2. The second-order valence-electron chi connectivity index (χ2n) is 5.95. The van der Waals surface area contributed by atoms with Crippen LogP contribution in [-0.4, -0.2) is 25.3 Å². The van der Waals surface area contributed by atoms with Crippen LogP contribution in [0.3, 0.4) is 0 Å². The Kier molecular flexibility index (Phi) is 6.55. The molecule has 112 valence electrons. The largest absolute Gasteiger partial charge is 0.378 e. The maximum atomic E-state index is 5.71. The molecule has 1 N–H and O–H groups in total. The number of ether oxygens (including phenoxy) is 1. The Hall–Kier alpha value is -0.860. The zero-order valence-electron chi connectivity index (χ0n) is 13.0. The van der Waals surface area contributed by atoms with E-state index in [1.165, 1.54) is 43.2 Å². The molecule has 1 aliphatic rings. The molecule has 0 amide bonds. The molecule has 0 bridgehead atoms. The first kappa shape index (κ1) is 15.5. The molecule has 2 nitrogen and oxygen atoms in total. The third kappa shape index (κ3) is 4.92. The number of likely N-dealkylation sites (N-methyl/N-ethyl adjacent to an activating group) is 1. The van der Waals surface area contributed by atoms with Crippen LogP contribution in [0.4, 0.5) is 0 Å². The molecule has 2 rings (SSSR count). The summed E-state index contributed by atoms with van der Waals surface area (Å²) in [5.74, 6) is 0. The molecule has 0 aliphatic carbocycles. The Morgan fingerprint density at radius 1 is 1.35 bits per heavy atom. The van der Waals surface area contributed by atoms with Gasteiger partial charge in [0.25, 0.3) is 0 Å². The van der Waals surface area contributed by atoms with Crippen molar-refractivity contribution in [3.8, 4) is 0 Å². The van der Waals surface area contributed by atoms with E-state index >= 15 is 0 Å². The minimum atomic E-state index is 0.538. The van der Waals surface area contributed by atoms with E-state index in [0.717, 1.165) is 19.6 Å². The Morgan fingerprint density at radius 2 is 2.20 bits per heavy atom. The highest BCUT2D eigenvalue weighted by atomic mass is 16.5. The van der Waals surface area contributed by atoms with Crippen molar-refractivity contribution >= 4 is 0 Å². The lowest BCUT2D eigenvalue weighted by molar-refractivity contribution is 0.101. The monoisotopic (exact) mass is 275 g/mol. The Balaban J connectivity index is 1.78. The third-order valence-corrected chi connectivity index (χ3v) is 4.32. The summed E-state index contributed by atoms with van der Waals surface area (Å²) in [4.78, 5) is 0. The molecule has 1 fully saturated rings. The molecule has 0 spiro atoms. The molecule has 0 aromatic heterocycles. The molecular weight excluding hydrogens is 246 g/mol. The van der Waals surface area contributed by atoms with Crippen LogP contribution < -0.4 is 5.32 Å². The van der Waals surface area contributed by atoms with Gasteiger partial charge in [-0.15, -0.1) is 0 Å².